The lowest BCUT2D eigenvalue weighted by atomic mass is 9.99. The van der Waals surface area contributed by atoms with Gasteiger partial charge in [-0.05, 0) is 52.1 Å². The Bertz CT molecular complexity index is 371. The van der Waals surface area contributed by atoms with Gasteiger partial charge in [-0.1, -0.05) is 37.1 Å². The third-order valence-corrected chi connectivity index (χ3v) is 4.09. The van der Waals surface area contributed by atoms with Crippen molar-refractivity contribution in [3.63, 3.8) is 0 Å². The van der Waals surface area contributed by atoms with Crippen LogP contribution in [0.25, 0.3) is 0 Å². The van der Waals surface area contributed by atoms with Gasteiger partial charge in [-0.3, -0.25) is 0 Å². The number of nitrogens with zero attached hydrogens (tertiary/aromatic N) is 1. The van der Waals surface area contributed by atoms with Gasteiger partial charge in [0, 0.05) is 23.1 Å². The summed E-state index contributed by atoms with van der Waals surface area (Å²) in [5.41, 5.74) is 1.47. The van der Waals surface area contributed by atoms with Gasteiger partial charge in [0.25, 0.3) is 0 Å². The van der Waals surface area contributed by atoms with Crippen LogP contribution in [0.4, 0.5) is 0 Å². The fourth-order valence-corrected chi connectivity index (χ4v) is 2.03. The lowest BCUT2D eigenvalue weighted by molar-refractivity contribution is 0.183. The molecule has 0 aliphatic carbocycles. The molecule has 3 heteroatoms. The first kappa shape index (κ1) is 16.5. The average molecular weight is 283 g/mol. The summed E-state index contributed by atoms with van der Waals surface area (Å²) in [5.74, 6) is 0. The molecule has 1 aromatic carbocycles. The molecule has 19 heavy (non-hydrogen) atoms. The summed E-state index contributed by atoms with van der Waals surface area (Å²) in [4.78, 5) is 2.25. The quantitative estimate of drug-likeness (QED) is 0.810. The molecule has 0 bridgehead atoms. The third kappa shape index (κ3) is 5.13. The maximum Gasteiger partial charge on any atom is 0.0406 e. The van der Waals surface area contributed by atoms with Crippen molar-refractivity contribution in [3.8, 4) is 0 Å². The Labute approximate surface area is 123 Å². The number of halogens is 1. The first-order valence-corrected chi connectivity index (χ1v) is 7.41. The van der Waals surface area contributed by atoms with E-state index in [2.05, 4.69) is 57.2 Å². The van der Waals surface area contributed by atoms with Gasteiger partial charge >= 0.3 is 0 Å². The van der Waals surface area contributed by atoms with Gasteiger partial charge in [0.2, 0.25) is 0 Å². The first-order chi connectivity index (χ1) is 8.86. The standard InChI is InChI=1S/C16H27ClN2/c1-6-7-15(13-8-10-14(17)11-9-13)18-12-16(2,3)19(4)5/h8-11,15,18H,6-7,12H2,1-5H3. The van der Waals surface area contributed by atoms with Crippen molar-refractivity contribution >= 4 is 11.6 Å². The zero-order valence-corrected chi connectivity index (χ0v) is 13.6. The van der Waals surface area contributed by atoms with E-state index in [0.29, 0.717) is 6.04 Å². The van der Waals surface area contributed by atoms with Crippen LogP contribution < -0.4 is 5.32 Å². The number of likely N-dealkylation sites (N-methyl/N-ethyl adjacent to an activating group) is 1. The van der Waals surface area contributed by atoms with E-state index in [1.165, 1.54) is 12.0 Å². The van der Waals surface area contributed by atoms with Gasteiger partial charge in [0.15, 0.2) is 0 Å². The Balaban J connectivity index is 2.71. The summed E-state index contributed by atoms with van der Waals surface area (Å²) in [6.07, 6.45) is 2.31. The molecule has 0 aliphatic heterocycles. The number of benzene rings is 1. The molecule has 1 atom stereocenters. The predicted molar refractivity (Wildman–Crippen MR) is 84.9 cm³/mol. The van der Waals surface area contributed by atoms with Crippen LogP contribution in [0.15, 0.2) is 24.3 Å². The topological polar surface area (TPSA) is 15.3 Å². The molecule has 0 saturated carbocycles. The molecule has 0 aromatic heterocycles. The second kappa shape index (κ2) is 7.28. The average Bonchev–Trinajstić information content (AvgIpc) is 2.35. The second-order valence-corrected chi connectivity index (χ2v) is 6.42. The third-order valence-electron chi connectivity index (χ3n) is 3.84. The van der Waals surface area contributed by atoms with Gasteiger partial charge in [-0.2, -0.15) is 0 Å². The van der Waals surface area contributed by atoms with Crippen LogP contribution in [0, 0.1) is 0 Å². The minimum Gasteiger partial charge on any atom is -0.308 e. The van der Waals surface area contributed by atoms with Crippen molar-refractivity contribution in [2.24, 2.45) is 0 Å². The van der Waals surface area contributed by atoms with E-state index in [1.54, 1.807) is 0 Å². The van der Waals surface area contributed by atoms with Crippen LogP contribution in [0.5, 0.6) is 0 Å². The van der Waals surface area contributed by atoms with Crippen LogP contribution >= 0.6 is 11.6 Å². The minimum absolute atomic E-state index is 0.151. The van der Waals surface area contributed by atoms with E-state index in [9.17, 15) is 0 Å². The molecule has 0 amide bonds. The van der Waals surface area contributed by atoms with Crippen molar-refractivity contribution in [3.05, 3.63) is 34.9 Å². The summed E-state index contributed by atoms with van der Waals surface area (Å²) in [5, 5.41) is 4.49. The van der Waals surface area contributed by atoms with Crippen LogP contribution in [0.3, 0.4) is 0 Å². The van der Waals surface area contributed by atoms with E-state index >= 15 is 0 Å². The van der Waals surface area contributed by atoms with Crippen molar-refractivity contribution in [1.82, 2.24) is 10.2 Å². The molecule has 1 rings (SSSR count). The Morgan fingerprint density at radius 1 is 1.21 bits per heavy atom. The van der Waals surface area contributed by atoms with Gasteiger partial charge in [0.05, 0.1) is 0 Å². The molecule has 2 nitrogen and oxygen atoms in total. The highest BCUT2D eigenvalue weighted by atomic mass is 35.5. The zero-order chi connectivity index (χ0) is 14.5. The first-order valence-electron chi connectivity index (χ1n) is 7.03. The second-order valence-electron chi connectivity index (χ2n) is 5.98. The van der Waals surface area contributed by atoms with Crippen LogP contribution in [-0.4, -0.2) is 31.1 Å². The Kier molecular flexibility index (Phi) is 6.31. The van der Waals surface area contributed by atoms with Gasteiger partial charge < -0.3 is 10.2 Å². The molecule has 108 valence electrons. The highest BCUT2D eigenvalue weighted by Crippen LogP contribution is 2.21. The minimum atomic E-state index is 0.151. The lowest BCUT2D eigenvalue weighted by Gasteiger charge is -2.34. The summed E-state index contributed by atoms with van der Waals surface area (Å²) < 4.78 is 0. The van der Waals surface area contributed by atoms with Crippen molar-refractivity contribution in [2.45, 2.75) is 45.2 Å². The zero-order valence-electron chi connectivity index (χ0n) is 12.8. The van der Waals surface area contributed by atoms with Crippen molar-refractivity contribution in [1.29, 1.82) is 0 Å². The van der Waals surface area contributed by atoms with Gasteiger partial charge in [0.1, 0.15) is 0 Å². The maximum atomic E-state index is 5.96. The van der Waals surface area contributed by atoms with E-state index < -0.39 is 0 Å². The van der Waals surface area contributed by atoms with Crippen LogP contribution in [-0.2, 0) is 0 Å². The number of hydrogen-bond donors (Lipinski definition) is 1. The summed E-state index contributed by atoms with van der Waals surface area (Å²) in [6.45, 7) is 7.70. The molecule has 1 N–H and O–H groups in total. The highest BCUT2D eigenvalue weighted by molar-refractivity contribution is 6.30. The number of hydrogen-bond acceptors (Lipinski definition) is 2. The van der Waals surface area contributed by atoms with E-state index in [-0.39, 0.29) is 5.54 Å². The number of nitrogens with one attached hydrogen (secondary N) is 1. The molecule has 0 heterocycles. The van der Waals surface area contributed by atoms with Gasteiger partial charge in [-0.15, -0.1) is 0 Å². The molecule has 0 radical (unpaired) electrons. The predicted octanol–water partition coefficient (Wildman–Crippen LogP) is 4.11. The van der Waals surface area contributed by atoms with E-state index in [1.807, 2.05) is 12.1 Å². The van der Waals surface area contributed by atoms with Crippen molar-refractivity contribution < 1.29 is 0 Å². The molecular weight excluding hydrogens is 256 g/mol. The van der Waals surface area contributed by atoms with Gasteiger partial charge in [-0.25, -0.2) is 0 Å². The van der Waals surface area contributed by atoms with Crippen LogP contribution in [0.2, 0.25) is 5.02 Å². The number of rotatable bonds is 7. The smallest absolute Gasteiger partial charge is 0.0406 e. The fourth-order valence-electron chi connectivity index (χ4n) is 1.90. The maximum absolute atomic E-state index is 5.96. The monoisotopic (exact) mass is 282 g/mol. The molecular formula is C16H27ClN2. The van der Waals surface area contributed by atoms with E-state index in [4.69, 9.17) is 11.6 Å². The Morgan fingerprint density at radius 3 is 2.26 bits per heavy atom. The Morgan fingerprint density at radius 2 is 1.79 bits per heavy atom. The Hall–Kier alpha value is -0.570. The largest absolute Gasteiger partial charge is 0.308 e. The van der Waals surface area contributed by atoms with Crippen molar-refractivity contribution in [2.75, 3.05) is 20.6 Å². The molecule has 1 aromatic rings. The summed E-state index contributed by atoms with van der Waals surface area (Å²) in [7, 11) is 4.25. The lowest BCUT2D eigenvalue weighted by Crippen LogP contribution is -2.47. The molecule has 0 spiro atoms. The normalized spacial score (nSPS) is 13.8. The molecule has 0 fully saturated rings. The van der Waals surface area contributed by atoms with Crippen LogP contribution in [0.1, 0.15) is 45.2 Å². The molecule has 1 unspecified atom stereocenters. The molecule has 0 aliphatic rings. The SMILES string of the molecule is CCCC(NCC(C)(C)N(C)C)c1ccc(Cl)cc1. The van der Waals surface area contributed by atoms with E-state index in [0.717, 1.165) is 18.0 Å². The molecule has 0 saturated heterocycles. The summed E-state index contributed by atoms with van der Waals surface area (Å²) in [6, 6.07) is 8.59. The summed E-state index contributed by atoms with van der Waals surface area (Å²) >= 11 is 5.96. The highest BCUT2D eigenvalue weighted by Gasteiger charge is 2.22. The fraction of sp³-hybridized carbons (Fsp3) is 0.625.